The summed E-state index contributed by atoms with van der Waals surface area (Å²) in [6.45, 7) is 0. The average Bonchev–Trinajstić information content (AvgIpc) is 3.09. The van der Waals surface area contributed by atoms with E-state index in [0.29, 0.717) is 33.1 Å². The molecule has 3 rings (SSSR count). The first-order chi connectivity index (χ1) is 12.9. The molecule has 0 aliphatic rings. The number of hydrogen-bond donors (Lipinski definition) is 1. The second-order valence-electron chi connectivity index (χ2n) is 5.68. The van der Waals surface area contributed by atoms with E-state index in [2.05, 4.69) is 21.0 Å². The third-order valence-corrected chi connectivity index (χ3v) is 4.35. The lowest BCUT2D eigenvalue weighted by Gasteiger charge is -2.10. The van der Waals surface area contributed by atoms with Crippen LogP contribution >= 0.6 is 23.2 Å². The highest BCUT2D eigenvalue weighted by atomic mass is 35.5. The Kier molecular flexibility index (Phi) is 5.31. The van der Waals surface area contributed by atoms with Crippen LogP contribution in [0.2, 0.25) is 10.0 Å². The lowest BCUT2D eigenvalue weighted by atomic mass is 10.2. The van der Waals surface area contributed by atoms with Gasteiger partial charge in [0.2, 0.25) is 11.9 Å². The molecule has 0 amide bonds. The van der Waals surface area contributed by atoms with Crippen LogP contribution in [0, 0.1) is 11.3 Å². The lowest BCUT2D eigenvalue weighted by Crippen LogP contribution is -2.15. The standard InChI is InChI=1S/C18H14Cl2N6O/c1-26(2)18-24-16(23-17(22)25-18)10(9-21)8-11-6-7-14(27-11)12-4-3-5-13(19)15(12)20/h3-8H,1-2H3,(H2,22,23,24,25)/b10-8+. The quantitative estimate of drug-likeness (QED) is 0.655. The summed E-state index contributed by atoms with van der Waals surface area (Å²) in [4.78, 5) is 14.0. The van der Waals surface area contributed by atoms with E-state index in [1.54, 1.807) is 49.3 Å². The predicted octanol–water partition coefficient (Wildman–Crippen LogP) is 4.15. The first kappa shape index (κ1) is 18.7. The molecule has 0 fully saturated rings. The summed E-state index contributed by atoms with van der Waals surface area (Å²) in [5.74, 6) is 1.49. The van der Waals surface area contributed by atoms with Crippen LogP contribution in [0.15, 0.2) is 34.7 Å². The normalized spacial score (nSPS) is 11.3. The van der Waals surface area contributed by atoms with Crippen molar-refractivity contribution in [2.45, 2.75) is 0 Å². The van der Waals surface area contributed by atoms with Crippen LogP contribution in [-0.4, -0.2) is 29.0 Å². The second kappa shape index (κ2) is 7.66. The van der Waals surface area contributed by atoms with E-state index < -0.39 is 0 Å². The first-order valence-electron chi connectivity index (χ1n) is 7.74. The zero-order valence-corrected chi connectivity index (χ0v) is 16.0. The smallest absolute Gasteiger partial charge is 0.230 e. The molecule has 0 unspecified atom stereocenters. The molecule has 1 aromatic carbocycles. The Morgan fingerprint density at radius 3 is 2.67 bits per heavy atom. The number of benzene rings is 1. The van der Waals surface area contributed by atoms with Crippen LogP contribution in [0.25, 0.3) is 23.0 Å². The Labute approximate surface area is 165 Å². The molecule has 0 saturated carbocycles. The number of anilines is 2. The minimum atomic E-state index is 0.0238. The van der Waals surface area contributed by atoms with Crippen molar-refractivity contribution in [3.63, 3.8) is 0 Å². The fourth-order valence-electron chi connectivity index (χ4n) is 2.26. The van der Waals surface area contributed by atoms with Crippen molar-refractivity contribution in [1.82, 2.24) is 15.0 Å². The lowest BCUT2D eigenvalue weighted by molar-refractivity contribution is 0.572. The molecule has 2 N–H and O–H groups in total. The number of nitriles is 1. The molecule has 2 aromatic heterocycles. The molecule has 0 atom stereocenters. The maximum Gasteiger partial charge on any atom is 0.230 e. The van der Waals surface area contributed by atoms with E-state index in [1.807, 2.05) is 0 Å². The van der Waals surface area contributed by atoms with E-state index in [1.165, 1.54) is 6.08 Å². The number of rotatable bonds is 4. The molecule has 0 saturated heterocycles. The number of aromatic nitrogens is 3. The van der Waals surface area contributed by atoms with Gasteiger partial charge in [0.1, 0.15) is 23.2 Å². The van der Waals surface area contributed by atoms with Crippen LogP contribution in [-0.2, 0) is 0 Å². The molecule has 0 bridgehead atoms. The first-order valence-corrected chi connectivity index (χ1v) is 8.50. The highest BCUT2D eigenvalue weighted by Crippen LogP contribution is 2.34. The average molecular weight is 401 g/mol. The zero-order chi connectivity index (χ0) is 19.6. The minimum absolute atomic E-state index is 0.0238. The molecule has 9 heteroatoms. The highest BCUT2D eigenvalue weighted by Gasteiger charge is 2.14. The van der Waals surface area contributed by atoms with Crippen molar-refractivity contribution in [3.05, 3.63) is 52.0 Å². The van der Waals surface area contributed by atoms with Gasteiger partial charge in [-0.1, -0.05) is 29.3 Å². The summed E-state index contributed by atoms with van der Waals surface area (Å²) in [5.41, 5.74) is 6.56. The Bertz CT molecular complexity index is 1070. The number of halogens is 2. The topological polar surface area (TPSA) is 105 Å². The number of furan rings is 1. The number of nitrogen functional groups attached to an aromatic ring is 1. The van der Waals surface area contributed by atoms with E-state index in [9.17, 15) is 5.26 Å². The molecule has 0 aliphatic heterocycles. The molecule has 0 spiro atoms. The van der Waals surface area contributed by atoms with Crippen molar-refractivity contribution >= 4 is 46.7 Å². The summed E-state index contributed by atoms with van der Waals surface area (Å²) in [5, 5.41) is 10.3. The van der Waals surface area contributed by atoms with Crippen LogP contribution < -0.4 is 10.6 Å². The van der Waals surface area contributed by atoms with E-state index in [0.717, 1.165) is 0 Å². The van der Waals surface area contributed by atoms with Gasteiger partial charge in [-0.05, 0) is 24.3 Å². The van der Waals surface area contributed by atoms with E-state index in [-0.39, 0.29) is 17.3 Å². The molecule has 2 heterocycles. The van der Waals surface area contributed by atoms with Gasteiger partial charge in [-0.15, -0.1) is 0 Å². The third-order valence-electron chi connectivity index (χ3n) is 3.53. The van der Waals surface area contributed by atoms with Crippen LogP contribution in [0.5, 0.6) is 0 Å². The summed E-state index contributed by atoms with van der Waals surface area (Å²) in [6, 6.07) is 10.8. The summed E-state index contributed by atoms with van der Waals surface area (Å²) < 4.78 is 5.78. The third kappa shape index (κ3) is 4.03. The SMILES string of the molecule is CN(C)c1nc(N)nc(/C(C#N)=C/c2ccc(-c3cccc(Cl)c3Cl)o2)n1. The molecule has 27 heavy (non-hydrogen) atoms. The van der Waals surface area contributed by atoms with Crippen LogP contribution in [0.3, 0.4) is 0 Å². The Hall–Kier alpha value is -3.08. The van der Waals surface area contributed by atoms with E-state index >= 15 is 0 Å². The van der Waals surface area contributed by atoms with Gasteiger partial charge >= 0.3 is 0 Å². The van der Waals surface area contributed by atoms with Crippen LogP contribution in [0.1, 0.15) is 11.6 Å². The zero-order valence-electron chi connectivity index (χ0n) is 14.4. The minimum Gasteiger partial charge on any atom is -0.457 e. The van der Waals surface area contributed by atoms with Gasteiger partial charge in [-0.3, -0.25) is 0 Å². The Morgan fingerprint density at radius 1 is 1.19 bits per heavy atom. The molecule has 0 radical (unpaired) electrons. The molecule has 3 aromatic rings. The van der Waals surface area contributed by atoms with Gasteiger partial charge in [0.25, 0.3) is 0 Å². The van der Waals surface area contributed by atoms with Crippen molar-refractivity contribution in [3.8, 4) is 17.4 Å². The van der Waals surface area contributed by atoms with Gasteiger partial charge in [0, 0.05) is 25.7 Å². The fourth-order valence-corrected chi connectivity index (χ4v) is 2.65. The summed E-state index contributed by atoms with van der Waals surface area (Å²) in [6.07, 6.45) is 1.52. The van der Waals surface area contributed by atoms with Crippen molar-refractivity contribution in [2.75, 3.05) is 24.7 Å². The second-order valence-corrected chi connectivity index (χ2v) is 6.47. The number of hydrogen-bond acceptors (Lipinski definition) is 7. The van der Waals surface area contributed by atoms with Crippen molar-refractivity contribution < 1.29 is 4.42 Å². The summed E-state index contributed by atoms with van der Waals surface area (Å²) >= 11 is 12.3. The highest BCUT2D eigenvalue weighted by molar-refractivity contribution is 6.43. The van der Waals surface area contributed by atoms with Gasteiger partial charge in [-0.25, -0.2) is 0 Å². The van der Waals surface area contributed by atoms with Gasteiger partial charge in [0.05, 0.1) is 10.0 Å². The summed E-state index contributed by atoms with van der Waals surface area (Å²) in [7, 11) is 3.53. The molecule has 0 aliphatic carbocycles. The van der Waals surface area contributed by atoms with Gasteiger partial charge in [-0.2, -0.15) is 20.2 Å². The maximum atomic E-state index is 9.51. The predicted molar refractivity (Wildman–Crippen MR) is 106 cm³/mol. The maximum absolute atomic E-state index is 9.51. The molecule has 136 valence electrons. The molecular weight excluding hydrogens is 387 g/mol. The number of nitrogens with zero attached hydrogens (tertiary/aromatic N) is 5. The largest absolute Gasteiger partial charge is 0.457 e. The molecule has 7 nitrogen and oxygen atoms in total. The van der Waals surface area contributed by atoms with Gasteiger partial charge in [0.15, 0.2) is 5.82 Å². The molecular formula is C18H14Cl2N6O. The van der Waals surface area contributed by atoms with Gasteiger partial charge < -0.3 is 15.1 Å². The van der Waals surface area contributed by atoms with Crippen molar-refractivity contribution in [2.24, 2.45) is 0 Å². The number of nitrogens with two attached hydrogens (primary N) is 1. The Balaban J connectivity index is 2.00. The Morgan fingerprint density at radius 2 is 1.96 bits per heavy atom. The van der Waals surface area contributed by atoms with E-state index in [4.69, 9.17) is 33.4 Å². The monoisotopic (exact) mass is 400 g/mol. The van der Waals surface area contributed by atoms with Crippen LogP contribution in [0.4, 0.5) is 11.9 Å². The van der Waals surface area contributed by atoms with Crippen molar-refractivity contribution in [1.29, 1.82) is 5.26 Å². The number of allylic oxidation sites excluding steroid dienone is 1. The fraction of sp³-hybridized carbons (Fsp3) is 0.111.